The molecule has 21 heteroatoms. The molecule has 0 aliphatic carbocycles. The zero-order valence-corrected chi connectivity index (χ0v) is 58.6. The molecule has 0 unspecified atom stereocenters. The van der Waals surface area contributed by atoms with E-state index in [9.17, 15) is 9.90 Å². The summed E-state index contributed by atoms with van der Waals surface area (Å²) in [5.74, 6) is 1.43. The normalized spacial score (nSPS) is 14.8. The molecule has 2 N–H and O–H groups in total. The number of ether oxygens (including phenoxy) is 6. The van der Waals surface area contributed by atoms with E-state index in [1.54, 1.807) is 51.8 Å². The Hall–Kier alpha value is -4.24. The van der Waals surface area contributed by atoms with E-state index in [1.807, 2.05) is 99.9 Å². The first-order chi connectivity index (χ1) is 40.8. The first-order valence-electron chi connectivity index (χ1n) is 28.1. The topological polar surface area (TPSA) is 201 Å². The zero-order chi connectivity index (χ0) is 60.5. The summed E-state index contributed by atoms with van der Waals surface area (Å²) in [5, 5.41) is 28.0. The monoisotopic (exact) mass is 1450 g/mol. The number of H-pyrrole nitrogens is 1. The summed E-state index contributed by atoms with van der Waals surface area (Å²) in [6.45, 7) is 15.0. The Kier molecular flexibility index (Phi) is 27.0. The fourth-order valence-corrected chi connectivity index (χ4v) is 11.0. The Morgan fingerprint density at radius 2 is 1.07 bits per heavy atom. The summed E-state index contributed by atoms with van der Waals surface area (Å²) in [4.78, 5) is 36.7. The van der Waals surface area contributed by atoms with Gasteiger partial charge in [-0.05, 0) is 134 Å². The second-order valence-corrected chi connectivity index (χ2v) is 25.3. The van der Waals surface area contributed by atoms with Gasteiger partial charge in [0.1, 0.15) is 34.3 Å². The van der Waals surface area contributed by atoms with Gasteiger partial charge in [0.15, 0.2) is 0 Å². The quantitative estimate of drug-likeness (QED) is 0.0936. The number of hydrogen-bond donors (Lipinski definition) is 2. The van der Waals surface area contributed by atoms with Crippen molar-refractivity contribution in [1.82, 2.24) is 34.5 Å². The smallest absolute Gasteiger partial charge is 0.850 e. The van der Waals surface area contributed by atoms with Crippen LogP contribution in [0.25, 0.3) is 65.5 Å². The van der Waals surface area contributed by atoms with Gasteiger partial charge in [-0.2, -0.15) is 0 Å². The van der Waals surface area contributed by atoms with Crippen molar-refractivity contribution in [3.8, 4) is 22.9 Å². The van der Waals surface area contributed by atoms with Crippen LogP contribution in [0.2, 0.25) is 5.15 Å². The molecule has 3 saturated heterocycles. The van der Waals surface area contributed by atoms with E-state index in [2.05, 4.69) is 115 Å². The van der Waals surface area contributed by atoms with Crippen molar-refractivity contribution in [1.29, 1.82) is 0 Å². The third-order valence-corrected chi connectivity index (χ3v) is 15.7. The Balaban J connectivity index is 0.000000157. The second-order valence-electron chi connectivity index (χ2n) is 22.0. The number of carbonyl (C=O) groups is 1. The van der Waals surface area contributed by atoms with E-state index in [-0.39, 0.29) is 69.7 Å². The minimum Gasteiger partial charge on any atom is -0.850 e. The van der Waals surface area contributed by atoms with E-state index in [0.29, 0.717) is 16.7 Å². The minimum absolute atomic E-state index is 0. The maximum Gasteiger partial charge on any atom is 1.00 e. The molecular formula is C65H70Br2ClIKN7O9. The van der Waals surface area contributed by atoms with Crippen molar-refractivity contribution in [3.05, 3.63) is 158 Å². The van der Waals surface area contributed by atoms with Crippen LogP contribution in [0.4, 0.5) is 4.79 Å². The number of rotatable bonds is 5. The number of aromatic nitrogens is 7. The summed E-state index contributed by atoms with van der Waals surface area (Å²) in [5.41, 5.74) is 2.56. The van der Waals surface area contributed by atoms with Crippen LogP contribution in [-0.2, 0) is 18.9 Å². The summed E-state index contributed by atoms with van der Waals surface area (Å²) in [7, 11) is 0. The molecule has 16 nitrogen and oxygen atoms in total. The van der Waals surface area contributed by atoms with Crippen LogP contribution in [0.3, 0.4) is 0 Å². The van der Waals surface area contributed by atoms with Gasteiger partial charge < -0.3 is 43.6 Å². The minimum atomic E-state index is -0.750. The molecule has 3 fully saturated rings. The summed E-state index contributed by atoms with van der Waals surface area (Å²) < 4.78 is 37.8. The molecule has 448 valence electrons. The van der Waals surface area contributed by atoms with Crippen molar-refractivity contribution in [2.24, 2.45) is 0 Å². The van der Waals surface area contributed by atoms with Crippen LogP contribution in [0.1, 0.15) is 80.1 Å². The number of halogens is 4. The molecule has 7 aromatic heterocycles. The standard InChI is InChI=1S/C21H19N3O2.C14H14BrNO2.C12H13IN2O2.C9H5BrClN.C5H10O2.C4H9O.K/c1-3-15(19-13-24-20-17(19)5-2-9-22-20)16-6-10-23-21(18(16)4-1)26-14-7-11-25-12-8-14;15-13-3-1-2-12-11(13)4-7-16-14(12)18-10-5-8-17-9-6-10;1-12(2,3)17-11(16)15-7-9(13)8-5-4-6-14-10(8)15;10-8-3-1-2-7-6(8)4-5-12-9(7)11;6-5-1-3-7-4-2-5;1-4(2,3)5;/h1-6,9-10,13-14H,7-8,11-12H2,(H,22,24);1-4,7,10H,5-6,8-9H2;4-7H,1-3H3;1-5H;5-6H,1-4H2;1-3H3;/q;;;;;-1;+1. The third-order valence-electron chi connectivity index (χ3n) is 13.1. The maximum absolute atomic E-state index is 12.0. The first kappa shape index (κ1) is 69.2. The molecule has 3 aliphatic rings. The fourth-order valence-electron chi connectivity index (χ4n) is 9.11. The number of nitrogens with zero attached hydrogens (tertiary/aromatic N) is 6. The second kappa shape index (κ2) is 33.5. The van der Waals surface area contributed by atoms with E-state index >= 15 is 0 Å². The average molecular weight is 1450 g/mol. The van der Waals surface area contributed by atoms with Crippen LogP contribution >= 0.6 is 66.1 Å². The molecule has 0 radical (unpaired) electrons. The van der Waals surface area contributed by atoms with Crippen LogP contribution in [-0.4, -0.2) is 115 Å². The van der Waals surface area contributed by atoms with E-state index in [4.69, 9.17) is 45.1 Å². The SMILES string of the molecule is Brc1cccc2c(OC3CCOCC3)nccc12.CC(C)(C)OC(=O)n1cc(I)c2cccnc21.CC(C)(C)[O-].Clc1nccc2c(Br)cccc12.OC1CCOCC1.[K+].c1cnc2[nH]cc(-c3cccc4c(OC5CCOCC5)nccc34)c2c1. The van der Waals surface area contributed by atoms with Crippen molar-refractivity contribution < 1.29 is 94.8 Å². The van der Waals surface area contributed by atoms with Gasteiger partial charge in [-0.25, -0.2) is 34.3 Å². The molecule has 0 amide bonds. The van der Waals surface area contributed by atoms with Gasteiger partial charge in [0, 0.05) is 138 Å². The van der Waals surface area contributed by atoms with Gasteiger partial charge in [-0.15, -0.1) is 5.60 Å². The number of fused-ring (bicyclic) bond motifs is 5. The molecule has 0 spiro atoms. The van der Waals surface area contributed by atoms with Gasteiger partial charge in [0.05, 0.1) is 32.5 Å². The van der Waals surface area contributed by atoms with E-state index in [1.165, 1.54) is 4.57 Å². The van der Waals surface area contributed by atoms with E-state index < -0.39 is 17.3 Å². The summed E-state index contributed by atoms with van der Waals surface area (Å²) in [6, 6.07) is 32.1. The predicted molar refractivity (Wildman–Crippen MR) is 350 cm³/mol. The first-order valence-corrected chi connectivity index (χ1v) is 31.2. The molecule has 0 atom stereocenters. The fraction of sp³-hybridized carbons (Fsp3) is 0.354. The van der Waals surface area contributed by atoms with E-state index in [0.717, 1.165) is 156 Å². The Bertz CT molecular complexity index is 3740. The number of carbonyl (C=O) groups excluding carboxylic acids is 1. The summed E-state index contributed by atoms with van der Waals surface area (Å²) in [6.07, 6.45) is 17.8. The number of hydrogen-bond acceptors (Lipinski definition) is 14. The van der Waals surface area contributed by atoms with Crippen LogP contribution < -0.4 is 66.0 Å². The zero-order valence-electron chi connectivity index (χ0n) is 49.4. The molecule has 86 heavy (non-hydrogen) atoms. The number of benzene rings is 3. The Morgan fingerprint density at radius 1 is 0.605 bits per heavy atom. The third kappa shape index (κ3) is 20.4. The number of aliphatic hydroxyl groups is 1. The van der Waals surface area contributed by atoms with Gasteiger partial charge in [-0.3, -0.25) is 0 Å². The molecule has 3 aromatic carbocycles. The molecule has 10 heterocycles. The largest absolute Gasteiger partial charge is 1.00 e. The van der Waals surface area contributed by atoms with Gasteiger partial charge in [0.2, 0.25) is 11.8 Å². The van der Waals surface area contributed by atoms with Crippen molar-refractivity contribution in [2.75, 3.05) is 39.6 Å². The molecular weight excluding hydrogens is 1380 g/mol. The summed E-state index contributed by atoms with van der Waals surface area (Å²) >= 11 is 15.1. The Labute approximate surface area is 579 Å². The number of aromatic amines is 1. The van der Waals surface area contributed by atoms with Crippen LogP contribution in [0.5, 0.6) is 11.8 Å². The van der Waals surface area contributed by atoms with Gasteiger partial charge >= 0.3 is 57.5 Å². The number of nitrogens with one attached hydrogen (secondary N) is 1. The van der Waals surface area contributed by atoms with Gasteiger partial charge in [-0.1, -0.05) is 94.6 Å². The number of aliphatic hydroxyl groups excluding tert-OH is 1. The van der Waals surface area contributed by atoms with Crippen LogP contribution in [0.15, 0.2) is 149 Å². The van der Waals surface area contributed by atoms with Crippen LogP contribution in [0, 0.1) is 3.57 Å². The van der Waals surface area contributed by atoms with Crippen molar-refractivity contribution in [2.45, 2.75) is 110 Å². The predicted octanol–water partition coefficient (Wildman–Crippen LogP) is 12.3. The molecule has 0 bridgehead atoms. The number of pyridine rings is 5. The molecule has 3 aliphatic heterocycles. The maximum atomic E-state index is 12.0. The molecule has 0 saturated carbocycles. The van der Waals surface area contributed by atoms with Gasteiger partial charge in [0.25, 0.3) is 0 Å². The Morgan fingerprint density at radius 3 is 1.60 bits per heavy atom. The van der Waals surface area contributed by atoms with Crippen molar-refractivity contribution >= 4 is 127 Å². The van der Waals surface area contributed by atoms with Crippen molar-refractivity contribution in [3.63, 3.8) is 0 Å². The molecule has 13 rings (SSSR count). The average Bonchev–Trinajstić information content (AvgIpc) is 2.37. The molecule has 10 aromatic rings.